The zero-order valence-electron chi connectivity index (χ0n) is 9.92. The Morgan fingerprint density at radius 2 is 2.07 bits per heavy atom. The summed E-state index contributed by atoms with van der Waals surface area (Å²) in [6.07, 6.45) is 2.11. The second-order valence-corrected chi connectivity index (χ2v) is 4.11. The molecule has 0 radical (unpaired) electrons. The highest BCUT2D eigenvalue weighted by molar-refractivity contribution is 5.78. The van der Waals surface area contributed by atoms with Gasteiger partial charge in [-0.25, -0.2) is 0 Å². The first-order valence-corrected chi connectivity index (χ1v) is 5.61. The number of carboxylic acid groups (broad SMARTS) is 1. The van der Waals surface area contributed by atoms with Gasteiger partial charge in [0.15, 0.2) is 0 Å². The van der Waals surface area contributed by atoms with Crippen LogP contribution in [0.4, 0.5) is 0 Å². The van der Waals surface area contributed by atoms with Gasteiger partial charge in [0.25, 0.3) is 0 Å². The van der Waals surface area contributed by atoms with Crippen LogP contribution in [0.5, 0.6) is 0 Å². The zero-order chi connectivity index (χ0) is 11.9. The lowest BCUT2D eigenvalue weighted by molar-refractivity contribution is -0.146. The highest BCUT2D eigenvalue weighted by atomic mass is 16.4. The molecule has 0 aromatic heterocycles. The van der Waals surface area contributed by atoms with E-state index in [9.17, 15) is 9.90 Å². The molecule has 2 atom stereocenters. The lowest BCUT2D eigenvalue weighted by Gasteiger charge is -2.31. The second kappa shape index (κ2) is 6.80. The molecule has 0 aliphatic carbocycles. The van der Waals surface area contributed by atoms with E-state index in [1.165, 1.54) is 0 Å². The lowest BCUT2D eigenvalue weighted by Crippen LogP contribution is -2.53. The molecule has 0 aliphatic rings. The third-order valence-corrected chi connectivity index (χ3v) is 2.98. The van der Waals surface area contributed by atoms with Gasteiger partial charge in [-0.2, -0.15) is 0 Å². The molecule has 4 heteroatoms. The summed E-state index contributed by atoms with van der Waals surface area (Å²) in [5, 5.41) is 20.9. The van der Waals surface area contributed by atoms with Crippen molar-refractivity contribution in [2.24, 2.45) is 5.92 Å². The number of rotatable bonds is 8. The van der Waals surface area contributed by atoms with Gasteiger partial charge in [0.2, 0.25) is 0 Å². The summed E-state index contributed by atoms with van der Waals surface area (Å²) < 4.78 is 0. The molecule has 90 valence electrons. The Morgan fingerprint density at radius 3 is 2.40 bits per heavy atom. The van der Waals surface area contributed by atoms with Gasteiger partial charge in [0.05, 0.1) is 6.61 Å². The molecule has 0 amide bonds. The Morgan fingerprint density at radius 1 is 1.47 bits per heavy atom. The maximum Gasteiger partial charge on any atom is 0.323 e. The first-order valence-electron chi connectivity index (χ1n) is 5.61. The highest BCUT2D eigenvalue weighted by Crippen LogP contribution is 2.23. The zero-order valence-corrected chi connectivity index (χ0v) is 9.92. The normalized spacial score (nSPS) is 17.1. The Balaban J connectivity index is 4.57. The summed E-state index contributed by atoms with van der Waals surface area (Å²) in [5.41, 5.74) is -0.877. The molecular weight excluding hydrogens is 194 g/mol. The number of carboxylic acids is 1. The Hall–Kier alpha value is -0.610. The van der Waals surface area contributed by atoms with Gasteiger partial charge in [-0.1, -0.05) is 27.2 Å². The van der Waals surface area contributed by atoms with E-state index in [1.54, 1.807) is 0 Å². The molecule has 0 bridgehead atoms. The number of aliphatic hydroxyl groups excluding tert-OH is 1. The number of nitrogens with one attached hydrogen (secondary N) is 1. The van der Waals surface area contributed by atoms with Crippen LogP contribution in [-0.2, 0) is 4.79 Å². The number of carbonyl (C=O) groups is 1. The SMILES string of the molecule is CCC(C)CC(CC)(NCCO)C(=O)O. The molecule has 4 nitrogen and oxygen atoms in total. The molecule has 0 spiro atoms. The van der Waals surface area contributed by atoms with Crippen molar-refractivity contribution in [1.82, 2.24) is 5.32 Å². The topological polar surface area (TPSA) is 69.6 Å². The van der Waals surface area contributed by atoms with Gasteiger partial charge in [0, 0.05) is 6.54 Å². The first kappa shape index (κ1) is 14.4. The predicted molar refractivity (Wildman–Crippen MR) is 59.8 cm³/mol. The summed E-state index contributed by atoms with van der Waals surface area (Å²) in [7, 11) is 0. The van der Waals surface area contributed by atoms with Crippen LogP contribution in [0.15, 0.2) is 0 Å². The molecule has 15 heavy (non-hydrogen) atoms. The van der Waals surface area contributed by atoms with E-state index in [1.807, 2.05) is 13.8 Å². The number of hydrogen-bond donors (Lipinski definition) is 3. The number of hydrogen-bond acceptors (Lipinski definition) is 3. The largest absolute Gasteiger partial charge is 0.480 e. The minimum absolute atomic E-state index is 0.0322. The molecule has 0 rings (SSSR count). The van der Waals surface area contributed by atoms with E-state index < -0.39 is 11.5 Å². The number of β-amino-alcohol motifs (C(OH)–C–C–N with tert-alkyl or cyclic N) is 1. The molecule has 0 saturated carbocycles. The van der Waals surface area contributed by atoms with Gasteiger partial charge in [-0.05, 0) is 18.8 Å². The summed E-state index contributed by atoms with van der Waals surface area (Å²) in [4.78, 5) is 11.3. The van der Waals surface area contributed by atoms with Crippen LogP contribution in [-0.4, -0.2) is 34.9 Å². The minimum Gasteiger partial charge on any atom is -0.480 e. The van der Waals surface area contributed by atoms with Crippen LogP contribution in [0.1, 0.15) is 40.0 Å². The van der Waals surface area contributed by atoms with Gasteiger partial charge >= 0.3 is 5.97 Å². The van der Waals surface area contributed by atoms with Crippen molar-refractivity contribution in [3.8, 4) is 0 Å². The maximum absolute atomic E-state index is 11.3. The third-order valence-electron chi connectivity index (χ3n) is 2.98. The standard InChI is InChI=1S/C11H23NO3/c1-4-9(3)8-11(5-2,10(14)15)12-6-7-13/h9,12-13H,4-8H2,1-3H3,(H,14,15). The molecule has 0 heterocycles. The van der Waals surface area contributed by atoms with E-state index in [0.717, 1.165) is 6.42 Å². The fraction of sp³-hybridized carbons (Fsp3) is 0.909. The van der Waals surface area contributed by atoms with Crippen molar-refractivity contribution in [2.75, 3.05) is 13.2 Å². The molecule has 2 unspecified atom stereocenters. The van der Waals surface area contributed by atoms with Gasteiger partial charge in [-0.15, -0.1) is 0 Å². The highest BCUT2D eigenvalue weighted by Gasteiger charge is 2.36. The Bertz CT molecular complexity index is 196. The van der Waals surface area contributed by atoms with Crippen molar-refractivity contribution in [3.05, 3.63) is 0 Å². The van der Waals surface area contributed by atoms with Gasteiger partial charge in [-0.3, -0.25) is 10.1 Å². The summed E-state index contributed by atoms with van der Waals surface area (Å²) in [6.45, 7) is 6.26. The fourth-order valence-corrected chi connectivity index (χ4v) is 1.69. The fourth-order valence-electron chi connectivity index (χ4n) is 1.69. The summed E-state index contributed by atoms with van der Waals surface area (Å²) >= 11 is 0. The van der Waals surface area contributed by atoms with E-state index in [4.69, 9.17) is 5.11 Å². The average molecular weight is 217 g/mol. The van der Waals surface area contributed by atoms with Crippen molar-refractivity contribution >= 4 is 5.97 Å². The molecule has 0 aliphatic heterocycles. The Labute approximate surface area is 91.7 Å². The monoisotopic (exact) mass is 217 g/mol. The van der Waals surface area contributed by atoms with E-state index >= 15 is 0 Å². The van der Waals surface area contributed by atoms with E-state index in [2.05, 4.69) is 12.2 Å². The third kappa shape index (κ3) is 4.18. The average Bonchev–Trinajstić information content (AvgIpc) is 2.23. The van der Waals surface area contributed by atoms with Crippen molar-refractivity contribution in [3.63, 3.8) is 0 Å². The van der Waals surface area contributed by atoms with Crippen molar-refractivity contribution in [2.45, 2.75) is 45.6 Å². The van der Waals surface area contributed by atoms with Crippen LogP contribution in [0.3, 0.4) is 0 Å². The minimum atomic E-state index is -0.877. The number of aliphatic hydroxyl groups is 1. The second-order valence-electron chi connectivity index (χ2n) is 4.11. The van der Waals surface area contributed by atoms with Crippen LogP contribution >= 0.6 is 0 Å². The molecule has 3 N–H and O–H groups in total. The molecule has 0 aromatic carbocycles. The summed E-state index contributed by atoms with van der Waals surface area (Å²) in [5.74, 6) is -0.453. The molecule has 0 aromatic rings. The molecular formula is C11H23NO3. The Kier molecular flexibility index (Phi) is 6.52. The van der Waals surface area contributed by atoms with Crippen LogP contribution in [0.2, 0.25) is 0 Å². The van der Waals surface area contributed by atoms with Crippen molar-refractivity contribution in [1.29, 1.82) is 0 Å². The van der Waals surface area contributed by atoms with Gasteiger partial charge in [0.1, 0.15) is 5.54 Å². The van der Waals surface area contributed by atoms with Crippen molar-refractivity contribution < 1.29 is 15.0 Å². The number of aliphatic carboxylic acids is 1. The molecule has 0 fully saturated rings. The van der Waals surface area contributed by atoms with Gasteiger partial charge < -0.3 is 10.2 Å². The van der Waals surface area contributed by atoms with Crippen LogP contribution < -0.4 is 5.32 Å². The molecule has 0 saturated heterocycles. The maximum atomic E-state index is 11.3. The van der Waals surface area contributed by atoms with Crippen LogP contribution in [0.25, 0.3) is 0 Å². The van der Waals surface area contributed by atoms with E-state index in [0.29, 0.717) is 25.3 Å². The first-order chi connectivity index (χ1) is 7.02. The smallest absolute Gasteiger partial charge is 0.323 e. The lowest BCUT2D eigenvalue weighted by atomic mass is 9.84. The quantitative estimate of drug-likeness (QED) is 0.572. The van der Waals surface area contributed by atoms with Crippen LogP contribution in [0, 0.1) is 5.92 Å². The van der Waals surface area contributed by atoms with E-state index in [-0.39, 0.29) is 6.61 Å². The summed E-state index contributed by atoms with van der Waals surface area (Å²) in [6, 6.07) is 0. The predicted octanol–water partition coefficient (Wildman–Crippen LogP) is 1.24.